The molecule has 0 bridgehead atoms. The van der Waals surface area contributed by atoms with Gasteiger partial charge in [-0.3, -0.25) is 14.4 Å². The number of aromatic nitrogens is 3. The second kappa shape index (κ2) is 6.62. The Morgan fingerprint density at radius 1 is 1.38 bits per heavy atom. The van der Waals surface area contributed by atoms with Crippen molar-refractivity contribution in [1.29, 1.82) is 0 Å². The fraction of sp³-hybridized carbons (Fsp3) is 0.562. The maximum Gasteiger partial charge on any atom is 0.244 e. The number of piperidine rings is 1. The lowest BCUT2D eigenvalue weighted by Crippen LogP contribution is -2.55. The summed E-state index contributed by atoms with van der Waals surface area (Å²) in [5.41, 5.74) is 0.886. The fourth-order valence-electron chi connectivity index (χ4n) is 3.49. The number of amides is 1. The van der Waals surface area contributed by atoms with E-state index in [2.05, 4.69) is 15.0 Å². The van der Waals surface area contributed by atoms with Crippen molar-refractivity contribution in [3.8, 4) is 0 Å². The number of hydrogen-bond donors (Lipinski definition) is 0. The number of anilines is 1. The lowest BCUT2D eigenvalue weighted by atomic mass is 10.0. The third-order valence-corrected chi connectivity index (χ3v) is 5.55. The van der Waals surface area contributed by atoms with Gasteiger partial charge in [-0.15, -0.1) is 11.3 Å². The Kier molecular flexibility index (Phi) is 4.34. The molecule has 2 aromatic rings. The van der Waals surface area contributed by atoms with Crippen molar-refractivity contribution in [2.45, 2.75) is 25.0 Å². The molecule has 8 heteroatoms. The average molecular weight is 347 g/mol. The van der Waals surface area contributed by atoms with E-state index < -0.39 is 0 Å². The third kappa shape index (κ3) is 2.97. The van der Waals surface area contributed by atoms with Crippen LogP contribution in [-0.4, -0.2) is 57.9 Å². The molecular formula is C16H21N5O2S. The van der Waals surface area contributed by atoms with Crippen molar-refractivity contribution in [1.82, 2.24) is 19.7 Å². The number of ether oxygens (including phenoxy) is 1. The first-order valence-corrected chi connectivity index (χ1v) is 9.15. The predicted octanol–water partition coefficient (Wildman–Crippen LogP) is 1.45. The van der Waals surface area contributed by atoms with E-state index in [-0.39, 0.29) is 18.1 Å². The molecular weight excluding hydrogens is 326 g/mol. The number of carbonyl (C=O) groups is 1. The molecule has 2 unspecified atom stereocenters. The first-order valence-electron chi connectivity index (χ1n) is 8.27. The molecule has 2 aliphatic heterocycles. The van der Waals surface area contributed by atoms with Gasteiger partial charge >= 0.3 is 0 Å². The van der Waals surface area contributed by atoms with E-state index in [9.17, 15) is 4.79 Å². The molecule has 128 valence electrons. The molecule has 2 aromatic heterocycles. The third-order valence-electron chi connectivity index (χ3n) is 4.68. The Hall–Kier alpha value is -1.77. The molecule has 4 heterocycles. The summed E-state index contributed by atoms with van der Waals surface area (Å²) in [5, 5.41) is 7.15. The highest BCUT2D eigenvalue weighted by Crippen LogP contribution is 2.29. The molecule has 7 nitrogen and oxygen atoms in total. The SMILES string of the molecule is Cn1cc(N2CCCC(N3CCOC(c4nccs4)C3)C2=O)cn1. The van der Waals surface area contributed by atoms with Gasteiger partial charge in [-0.25, -0.2) is 4.98 Å². The highest BCUT2D eigenvalue weighted by molar-refractivity contribution is 7.09. The normalized spacial score (nSPS) is 26.0. The largest absolute Gasteiger partial charge is 0.368 e. The monoisotopic (exact) mass is 347 g/mol. The number of hydrogen-bond acceptors (Lipinski definition) is 6. The van der Waals surface area contributed by atoms with Crippen LogP contribution in [0.4, 0.5) is 5.69 Å². The Morgan fingerprint density at radius 2 is 2.29 bits per heavy atom. The first kappa shape index (κ1) is 15.7. The highest BCUT2D eigenvalue weighted by Gasteiger charge is 2.37. The summed E-state index contributed by atoms with van der Waals surface area (Å²) in [7, 11) is 1.87. The van der Waals surface area contributed by atoms with Crippen LogP contribution in [0.25, 0.3) is 0 Å². The zero-order valence-electron chi connectivity index (χ0n) is 13.7. The number of carbonyl (C=O) groups excluding carboxylic acids is 1. The van der Waals surface area contributed by atoms with Crippen LogP contribution in [0.5, 0.6) is 0 Å². The molecule has 0 N–H and O–H groups in total. The van der Waals surface area contributed by atoms with Gasteiger partial charge in [0.25, 0.3) is 0 Å². The molecule has 0 saturated carbocycles. The van der Waals surface area contributed by atoms with Crippen LogP contribution >= 0.6 is 11.3 Å². The van der Waals surface area contributed by atoms with E-state index in [1.165, 1.54) is 0 Å². The van der Waals surface area contributed by atoms with Crippen molar-refractivity contribution in [2.75, 3.05) is 31.1 Å². The molecule has 2 aliphatic rings. The van der Waals surface area contributed by atoms with Gasteiger partial charge in [-0.2, -0.15) is 5.10 Å². The zero-order valence-corrected chi connectivity index (χ0v) is 14.5. The molecule has 2 fully saturated rings. The summed E-state index contributed by atoms with van der Waals surface area (Å²) in [6.07, 6.45) is 7.35. The Labute approximate surface area is 144 Å². The lowest BCUT2D eigenvalue weighted by Gasteiger charge is -2.41. The smallest absolute Gasteiger partial charge is 0.244 e. The van der Waals surface area contributed by atoms with Crippen molar-refractivity contribution in [3.63, 3.8) is 0 Å². The lowest BCUT2D eigenvalue weighted by molar-refractivity contribution is -0.129. The van der Waals surface area contributed by atoms with Gasteiger partial charge in [-0.1, -0.05) is 0 Å². The van der Waals surface area contributed by atoms with Gasteiger partial charge in [0.15, 0.2) is 0 Å². The maximum absolute atomic E-state index is 13.0. The summed E-state index contributed by atoms with van der Waals surface area (Å²) in [5.74, 6) is 0.175. The van der Waals surface area contributed by atoms with Crippen LogP contribution in [0.2, 0.25) is 0 Å². The second-order valence-electron chi connectivity index (χ2n) is 6.24. The first-order chi connectivity index (χ1) is 11.7. The second-order valence-corrected chi connectivity index (χ2v) is 7.17. The van der Waals surface area contributed by atoms with Gasteiger partial charge in [0, 0.05) is 44.5 Å². The highest BCUT2D eigenvalue weighted by atomic mass is 32.1. The average Bonchev–Trinajstić information content (AvgIpc) is 3.27. The van der Waals surface area contributed by atoms with Gasteiger partial charge in [0.05, 0.1) is 24.5 Å². The molecule has 1 amide bonds. The van der Waals surface area contributed by atoms with E-state index in [1.54, 1.807) is 28.4 Å². The molecule has 0 aromatic carbocycles. The molecule has 2 saturated heterocycles. The van der Waals surface area contributed by atoms with Crippen molar-refractivity contribution in [3.05, 3.63) is 29.0 Å². The Morgan fingerprint density at radius 3 is 3.04 bits per heavy atom. The van der Waals surface area contributed by atoms with Crippen LogP contribution in [0.15, 0.2) is 24.0 Å². The molecule has 0 spiro atoms. The number of aryl methyl sites for hydroxylation is 1. The van der Waals surface area contributed by atoms with Crippen LogP contribution in [0.1, 0.15) is 24.0 Å². The molecule has 4 rings (SSSR count). The number of rotatable bonds is 3. The minimum Gasteiger partial charge on any atom is -0.368 e. The molecule has 2 atom stereocenters. The Bertz CT molecular complexity index is 701. The van der Waals surface area contributed by atoms with Crippen LogP contribution < -0.4 is 4.90 Å². The van der Waals surface area contributed by atoms with E-state index in [1.807, 2.05) is 23.5 Å². The molecule has 24 heavy (non-hydrogen) atoms. The van der Waals surface area contributed by atoms with Crippen molar-refractivity contribution in [2.24, 2.45) is 7.05 Å². The van der Waals surface area contributed by atoms with E-state index in [0.717, 1.165) is 43.2 Å². The minimum absolute atomic E-state index is 0.0275. The number of thiazole rings is 1. The summed E-state index contributed by atoms with van der Waals surface area (Å²) in [4.78, 5) is 21.5. The molecule has 0 radical (unpaired) electrons. The minimum atomic E-state index is -0.0784. The quantitative estimate of drug-likeness (QED) is 0.841. The van der Waals surface area contributed by atoms with Crippen LogP contribution in [0, 0.1) is 0 Å². The summed E-state index contributed by atoms with van der Waals surface area (Å²) in [6, 6.07) is -0.0784. The van der Waals surface area contributed by atoms with Crippen molar-refractivity contribution >= 4 is 22.9 Å². The van der Waals surface area contributed by atoms with E-state index >= 15 is 0 Å². The van der Waals surface area contributed by atoms with Gasteiger partial charge in [0.2, 0.25) is 5.91 Å². The number of nitrogens with zero attached hydrogens (tertiary/aromatic N) is 5. The molecule has 0 aliphatic carbocycles. The van der Waals surface area contributed by atoms with Crippen molar-refractivity contribution < 1.29 is 9.53 Å². The standard InChI is InChI=1S/C16H21N5O2S/c1-19-10-12(9-18-19)21-5-2-3-13(16(21)22)20-6-7-23-14(11-20)15-17-4-8-24-15/h4,8-10,13-14H,2-3,5-7,11H2,1H3. The topological polar surface area (TPSA) is 63.5 Å². The summed E-state index contributed by atoms with van der Waals surface area (Å²) < 4.78 is 7.60. The Balaban J connectivity index is 1.49. The predicted molar refractivity (Wildman–Crippen MR) is 91.0 cm³/mol. The van der Waals surface area contributed by atoms with Gasteiger partial charge in [-0.05, 0) is 12.8 Å². The van der Waals surface area contributed by atoms with Gasteiger partial charge < -0.3 is 9.64 Å². The number of morpholine rings is 1. The maximum atomic E-state index is 13.0. The van der Waals surface area contributed by atoms with Crippen LogP contribution in [-0.2, 0) is 16.6 Å². The van der Waals surface area contributed by atoms with Gasteiger partial charge in [0.1, 0.15) is 11.1 Å². The van der Waals surface area contributed by atoms with E-state index in [0.29, 0.717) is 6.61 Å². The fourth-order valence-corrected chi connectivity index (χ4v) is 4.17. The zero-order chi connectivity index (χ0) is 16.5. The van der Waals surface area contributed by atoms with E-state index in [4.69, 9.17) is 4.74 Å². The summed E-state index contributed by atoms with van der Waals surface area (Å²) in [6.45, 7) is 2.92. The van der Waals surface area contributed by atoms with Crippen LogP contribution in [0.3, 0.4) is 0 Å². The summed E-state index contributed by atoms with van der Waals surface area (Å²) >= 11 is 1.61.